The highest BCUT2D eigenvalue weighted by molar-refractivity contribution is 5.97. The highest BCUT2D eigenvalue weighted by atomic mass is 16.5. The van der Waals surface area contributed by atoms with E-state index in [1.807, 2.05) is 30.3 Å². The van der Waals surface area contributed by atoms with E-state index in [9.17, 15) is 4.79 Å². The summed E-state index contributed by atoms with van der Waals surface area (Å²) in [5, 5.41) is 7.57. The number of carbonyl (C=O) groups is 1. The number of hydrogen-bond donors (Lipinski definition) is 1. The highest BCUT2D eigenvalue weighted by Gasteiger charge is 2.05. The van der Waals surface area contributed by atoms with Gasteiger partial charge in [0.05, 0.1) is 13.5 Å². The number of methoxy groups -OCH3 is 1. The molecule has 1 rings (SSSR count). The lowest BCUT2D eigenvalue weighted by atomic mass is 10.1. The van der Waals surface area contributed by atoms with E-state index in [0.29, 0.717) is 12.1 Å². The number of benzene rings is 1. The maximum atomic E-state index is 10.9. The monoisotopic (exact) mass is 205 g/mol. The van der Waals surface area contributed by atoms with Crippen molar-refractivity contribution in [2.45, 2.75) is 19.3 Å². The van der Waals surface area contributed by atoms with E-state index in [1.54, 1.807) is 0 Å². The number of carbonyl (C=O) groups excluding carboxylic acids is 1. The first-order chi connectivity index (χ1) is 7.22. The Morgan fingerprint density at radius 1 is 1.33 bits per heavy atom. The van der Waals surface area contributed by atoms with Crippen LogP contribution in [0.5, 0.6) is 0 Å². The lowest BCUT2D eigenvalue weighted by Crippen LogP contribution is -2.09. The van der Waals surface area contributed by atoms with E-state index in [1.165, 1.54) is 12.7 Å². The third-order valence-corrected chi connectivity index (χ3v) is 2.14. The second-order valence-corrected chi connectivity index (χ2v) is 3.34. The number of esters is 1. The van der Waals surface area contributed by atoms with Crippen LogP contribution in [0.2, 0.25) is 0 Å². The zero-order chi connectivity index (χ0) is 11.1. The Balaban J connectivity index is 2.32. The Morgan fingerprint density at radius 2 is 2.00 bits per heavy atom. The summed E-state index contributed by atoms with van der Waals surface area (Å²) < 4.78 is 4.49. The fourth-order valence-corrected chi connectivity index (χ4v) is 1.27. The summed E-state index contributed by atoms with van der Waals surface area (Å²) >= 11 is 0. The second kappa shape index (κ2) is 5.96. The van der Waals surface area contributed by atoms with Crippen LogP contribution < -0.4 is 0 Å². The lowest BCUT2D eigenvalue weighted by molar-refractivity contribution is -0.139. The van der Waals surface area contributed by atoms with Crippen LogP contribution in [-0.2, 0) is 16.0 Å². The summed E-state index contributed by atoms with van der Waals surface area (Å²) in [6.07, 6.45) is 1.51. The molecule has 1 aromatic carbocycles. The lowest BCUT2D eigenvalue weighted by Gasteiger charge is -2.02. The van der Waals surface area contributed by atoms with Gasteiger partial charge in [0.25, 0.3) is 0 Å². The van der Waals surface area contributed by atoms with Gasteiger partial charge in [0.1, 0.15) is 0 Å². The van der Waals surface area contributed by atoms with Crippen LogP contribution in [0.25, 0.3) is 0 Å². The number of hydrogen-bond acceptors (Lipinski definition) is 3. The van der Waals surface area contributed by atoms with E-state index in [0.717, 1.165) is 6.42 Å². The predicted octanol–water partition coefficient (Wildman–Crippen LogP) is 2.20. The van der Waals surface area contributed by atoms with Crippen molar-refractivity contribution < 1.29 is 9.53 Å². The van der Waals surface area contributed by atoms with Gasteiger partial charge in [-0.05, 0) is 18.4 Å². The second-order valence-electron chi connectivity index (χ2n) is 3.34. The molecule has 0 atom stereocenters. The maximum Gasteiger partial charge on any atom is 0.311 e. The first-order valence-electron chi connectivity index (χ1n) is 4.89. The number of nitrogens with one attached hydrogen (secondary N) is 1. The molecule has 0 unspecified atom stereocenters. The number of ether oxygens (including phenoxy) is 1. The molecule has 0 aliphatic heterocycles. The Kier molecular flexibility index (Phi) is 4.54. The van der Waals surface area contributed by atoms with E-state index in [-0.39, 0.29) is 12.4 Å². The Morgan fingerprint density at radius 3 is 2.60 bits per heavy atom. The molecule has 0 bridgehead atoms. The molecule has 15 heavy (non-hydrogen) atoms. The smallest absolute Gasteiger partial charge is 0.311 e. The van der Waals surface area contributed by atoms with Gasteiger partial charge in [-0.15, -0.1) is 0 Å². The summed E-state index contributed by atoms with van der Waals surface area (Å²) in [6.45, 7) is 0. The van der Waals surface area contributed by atoms with Crippen LogP contribution in [0.4, 0.5) is 0 Å². The zero-order valence-electron chi connectivity index (χ0n) is 8.82. The third kappa shape index (κ3) is 4.40. The van der Waals surface area contributed by atoms with Crippen LogP contribution >= 0.6 is 0 Å². The first-order valence-corrected chi connectivity index (χ1v) is 4.89. The molecule has 0 saturated carbocycles. The molecule has 0 saturated heterocycles. The number of aryl methyl sites for hydroxylation is 1. The van der Waals surface area contributed by atoms with Crippen LogP contribution in [0.1, 0.15) is 18.4 Å². The minimum atomic E-state index is -0.340. The molecular weight excluding hydrogens is 190 g/mol. The van der Waals surface area contributed by atoms with Crippen LogP contribution in [-0.4, -0.2) is 18.8 Å². The van der Waals surface area contributed by atoms with Crippen molar-refractivity contribution in [2.75, 3.05) is 7.11 Å². The quantitative estimate of drug-likeness (QED) is 0.591. The zero-order valence-corrected chi connectivity index (χ0v) is 8.82. The van der Waals surface area contributed by atoms with Gasteiger partial charge in [-0.2, -0.15) is 0 Å². The van der Waals surface area contributed by atoms with Crippen molar-refractivity contribution in [3.05, 3.63) is 35.9 Å². The SMILES string of the molecule is COC(=O)CC(=N)CCc1ccccc1. The molecule has 80 valence electrons. The molecule has 1 N–H and O–H groups in total. The van der Waals surface area contributed by atoms with Crippen molar-refractivity contribution in [2.24, 2.45) is 0 Å². The fraction of sp³-hybridized carbons (Fsp3) is 0.333. The van der Waals surface area contributed by atoms with Crippen molar-refractivity contribution in [3.63, 3.8) is 0 Å². The van der Waals surface area contributed by atoms with Gasteiger partial charge in [0.2, 0.25) is 0 Å². The molecule has 3 heteroatoms. The summed E-state index contributed by atoms with van der Waals surface area (Å²) in [7, 11) is 1.34. The Labute approximate surface area is 89.6 Å². The Hall–Kier alpha value is -1.64. The molecule has 0 radical (unpaired) electrons. The van der Waals surface area contributed by atoms with Gasteiger partial charge in [0, 0.05) is 5.71 Å². The van der Waals surface area contributed by atoms with Crippen molar-refractivity contribution in [1.82, 2.24) is 0 Å². The largest absolute Gasteiger partial charge is 0.469 e. The van der Waals surface area contributed by atoms with Gasteiger partial charge in [-0.1, -0.05) is 30.3 Å². The molecule has 0 heterocycles. The average Bonchev–Trinajstić information content (AvgIpc) is 2.27. The molecule has 0 aliphatic rings. The normalized spacial score (nSPS) is 9.67. The molecular formula is C12H15NO2. The summed E-state index contributed by atoms with van der Waals surface area (Å²) in [5.41, 5.74) is 1.61. The van der Waals surface area contributed by atoms with Crippen LogP contribution in [0.15, 0.2) is 30.3 Å². The van der Waals surface area contributed by atoms with Crippen molar-refractivity contribution in [1.29, 1.82) is 5.41 Å². The van der Waals surface area contributed by atoms with Gasteiger partial charge in [-0.3, -0.25) is 4.79 Å². The fourth-order valence-electron chi connectivity index (χ4n) is 1.27. The highest BCUT2D eigenvalue weighted by Crippen LogP contribution is 2.04. The minimum Gasteiger partial charge on any atom is -0.469 e. The summed E-state index contributed by atoms with van der Waals surface area (Å²) in [5.74, 6) is -0.340. The van der Waals surface area contributed by atoms with E-state index < -0.39 is 0 Å². The number of rotatable bonds is 5. The molecule has 1 aromatic rings. The van der Waals surface area contributed by atoms with Crippen molar-refractivity contribution in [3.8, 4) is 0 Å². The van der Waals surface area contributed by atoms with Gasteiger partial charge in [-0.25, -0.2) is 0 Å². The molecule has 0 spiro atoms. The van der Waals surface area contributed by atoms with Gasteiger partial charge in [0.15, 0.2) is 0 Å². The summed E-state index contributed by atoms with van der Waals surface area (Å²) in [6, 6.07) is 9.94. The maximum absolute atomic E-state index is 10.9. The van der Waals surface area contributed by atoms with Crippen LogP contribution in [0, 0.1) is 5.41 Å². The Bertz CT molecular complexity index is 333. The topological polar surface area (TPSA) is 50.2 Å². The first kappa shape index (κ1) is 11.4. The van der Waals surface area contributed by atoms with Gasteiger partial charge < -0.3 is 10.1 Å². The van der Waals surface area contributed by atoms with Gasteiger partial charge >= 0.3 is 5.97 Å². The molecule has 0 aromatic heterocycles. The van der Waals surface area contributed by atoms with Crippen molar-refractivity contribution >= 4 is 11.7 Å². The third-order valence-electron chi connectivity index (χ3n) is 2.14. The molecule has 0 fully saturated rings. The summed E-state index contributed by atoms with van der Waals surface area (Å²) in [4.78, 5) is 10.9. The van der Waals surface area contributed by atoms with Crippen LogP contribution in [0.3, 0.4) is 0 Å². The average molecular weight is 205 g/mol. The minimum absolute atomic E-state index is 0.101. The van der Waals surface area contributed by atoms with E-state index >= 15 is 0 Å². The van der Waals surface area contributed by atoms with E-state index in [4.69, 9.17) is 5.41 Å². The molecule has 0 aliphatic carbocycles. The van der Waals surface area contributed by atoms with E-state index in [2.05, 4.69) is 4.74 Å². The predicted molar refractivity (Wildman–Crippen MR) is 59.1 cm³/mol. The standard InChI is InChI=1S/C12H15NO2/c1-15-12(14)9-11(13)8-7-10-5-3-2-4-6-10/h2-6,13H,7-9H2,1H3. The molecule has 3 nitrogen and oxygen atoms in total. The molecule has 0 amide bonds.